The Kier molecular flexibility index (Phi) is 7.73. The molecule has 0 heterocycles. The van der Waals surface area contributed by atoms with Gasteiger partial charge in [0.25, 0.3) is 0 Å². The van der Waals surface area contributed by atoms with Crippen LogP contribution in [0.15, 0.2) is 24.3 Å². The Morgan fingerprint density at radius 2 is 1.95 bits per heavy atom. The third kappa shape index (κ3) is 4.85. The molecule has 0 radical (unpaired) electrons. The van der Waals surface area contributed by atoms with Crippen molar-refractivity contribution in [3.63, 3.8) is 0 Å². The highest BCUT2D eigenvalue weighted by Gasteiger charge is 2.24. The number of hydrogen-bond donors (Lipinski definition) is 0. The molecule has 1 aromatic rings. The van der Waals surface area contributed by atoms with Crippen molar-refractivity contribution >= 4 is 5.97 Å². The summed E-state index contributed by atoms with van der Waals surface area (Å²) in [4.78, 5) is 12.1. The molecule has 0 bridgehead atoms. The molecule has 0 N–H and O–H groups in total. The number of benzene rings is 1. The Morgan fingerprint density at radius 1 is 1.20 bits per heavy atom. The Bertz CT molecular complexity index is 403. The van der Waals surface area contributed by atoms with E-state index >= 15 is 0 Å². The molecule has 112 valence electrons. The molecular weight excluding hydrogens is 256 g/mol. The summed E-state index contributed by atoms with van der Waals surface area (Å²) in [5.41, 5.74) is 0.893. The molecule has 1 rings (SSSR count). The summed E-state index contributed by atoms with van der Waals surface area (Å²) < 4.78 is 15.9. The van der Waals surface area contributed by atoms with Crippen LogP contribution in [0.1, 0.15) is 38.2 Å². The monoisotopic (exact) mass is 280 g/mol. The van der Waals surface area contributed by atoms with Crippen LogP contribution in [0.4, 0.5) is 0 Å². The molecule has 20 heavy (non-hydrogen) atoms. The number of hydrogen-bond acceptors (Lipinski definition) is 4. The lowest BCUT2D eigenvalue weighted by Gasteiger charge is -2.18. The summed E-state index contributed by atoms with van der Waals surface area (Å²) in [6, 6.07) is 7.63. The van der Waals surface area contributed by atoms with Crippen LogP contribution in [-0.4, -0.2) is 32.9 Å². The number of methoxy groups -OCH3 is 1. The van der Waals surface area contributed by atoms with E-state index in [2.05, 4.69) is 6.92 Å². The molecule has 4 heteroatoms. The zero-order chi connectivity index (χ0) is 14.8. The van der Waals surface area contributed by atoms with Gasteiger partial charge in [0.05, 0.1) is 19.1 Å². The first kappa shape index (κ1) is 16.5. The van der Waals surface area contributed by atoms with Gasteiger partial charge in [0.2, 0.25) is 0 Å². The normalized spacial score (nSPS) is 11.9. The van der Waals surface area contributed by atoms with E-state index in [-0.39, 0.29) is 11.9 Å². The summed E-state index contributed by atoms with van der Waals surface area (Å²) >= 11 is 0. The average molecular weight is 280 g/mol. The second-order valence-electron chi connectivity index (χ2n) is 4.47. The number of esters is 1. The third-order valence-electron chi connectivity index (χ3n) is 2.99. The summed E-state index contributed by atoms with van der Waals surface area (Å²) in [7, 11) is 1.63. The van der Waals surface area contributed by atoms with Gasteiger partial charge < -0.3 is 14.2 Å². The van der Waals surface area contributed by atoms with Crippen molar-refractivity contribution in [1.82, 2.24) is 0 Å². The first-order chi connectivity index (χ1) is 9.74. The predicted molar refractivity (Wildman–Crippen MR) is 78.1 cm³/mol. The van der Waals surface area contributed by atoms with E-state index in [0.717, 1.165) is 24.2 Å². The molecule has 0 aliphatic carbocycles. The van der Waals surface area contributed by atoms with Crippen molar-refractivity contribution in [3.05, 3.63) is 29.8 Å². The molecule has 1 unspecified atom stereocenters. The van der Waals surface area contributed by atoms with Gasteiger partial charge in [0, 0.05) is 12.7 Å². The molecule has 0 aromatic heterocycles. The number of carbonyl (C=O) groups excluding carboxylic acids is 1. The molecule has 0 amide bonds. The van der Waals surface area contributed by atoms with E-state index in [1.165, 1.54) is 0 Å². The smallest absolute Gasteiger partial charge is 0.313 e. The minimum absolute atomic E-state index is 0.183. The zero-order valence-corrected chi connectivity index (χ0v) is 12.6. The molecule has 0 spiro atoms. The molecule has 0 aliphatic heterocycles. The van der Waals surface area contributed by atoms with Crippen LogP contribution in [0.2, 0.25) is 0 Å². The minimum atomic E-state index is -0.265. The Hall–Kier alpha value is -1.55. The van der Waals surface area contributed by atoms with Gasteiger partial charge in [-0.15, -0.1) is 0 Å². The van der Waals surface area contributed by atoms with Gasteiger partial charge in [0.1, 0.15) is 12.4 Å². The Labute approximate surface area is 121 Å². The molecule has 1 aromatic carbocycles. The topological polar surface area (TPSA) is 44.8 Å². The minimum Gasteiger partial charge on any atom is -0.491 e. The average Bonchev–Trinajstić information content (AvgIpc) is 2.46. The van der Waals surface area contributed by atoms with Crippen molar-refractivity contribution < 1.29 is 19.0 Å². The number of para-hydroxylation sites is 1. The van der Waals surface area contributed by atoms with Crippen LogP contribution in [-0.2, 0) is 14.3 Å². The van der Waals surface area contributed by atoms with Gasteiger partial charge in [-0.2, -0.15) is 0 Å². The maximum Gasteiger partial charge on any atom is 0.313 e. The third-order valence-corrected chi connectivity index (χ3v) is 2.99. The van der Waals surface area contributed by atoms with Gasteiger partial charge in [-0.1, -0.05) is 31.5 Å². The molecule has 0 fully saturated rings. The molecule has 0 saturated heterocycles. The summed E-state index contributed by atoms with van der Waals surface area (Å²) in [6.45, 7) is 5.26. The number of rotatable bonds is 9. The SMILES string of the molecule is CCCC(C(=O)OCC)c1ccccc1OCCOC. The van der Waals surface area contributed by atoms with E-state index in [0.29, 0.717) is 19.8 Å². The highest BCUT2D eigenvalue weighted by Crippen LogP contribution is 2.31. The highest BCUT2D eigenvalue weighted by molar-refractivity contribution is 5.79. The van der Waals surface area contributed by atoms with Crippen LogP contribution in [0, 0.1) is 0 Å². The van der Waals surface area contributed by atoms with Gasteiger partial charge >= 0.3 is 5.97 Å². The second-order valence-corrected chi connectivity index (χ2v) is 4.47. The lowest BCUT2D eigenvalue weighted by Crippen LogP contribution is -2.17. The van der Waals surface area contributed by atoms with Gasteiger partial charge in [-0.3, -0.25) is 4.79 Å². The fourth-order valence-corrected chi connectivity index (χ4v) is 2.07. The molecule has 0 saturated carbocycles. The van der Waals surface area contributed by atoms with Crippen LogP contribution >= 0.6 is 0 Å². The molecule has 1 atom stereocenters. The largest absolute Gasteiger partial charge is 0.491 e. The lowest BCUT2D eigenvalue weighted by molar-refractivity contribution is -0.145. The van der Waals surface area contributed by atoms with Crippen LogP contribution in [0.5, 0.6) is 5.75 Å². The van der Waals surface area contributed by atoms with Gasteiger partial charge in [0.15, 0.2) is 0 Å². The summed E-state index contributed by atoms with van der Waals surface area (Å²) in [6.07, 6.45) is 1.67. The summed E-state index contributed by atoms with van der Waals surface area (Å²) in [5, 5.41) is 0. The van der Waals surface area contributed by atoms with Gasteiger partial charge in [-0.25, -0.2) is 0 Å². The quantitative estimate of drug-likeness (QED) is 0.515. The number of ether oxygens (including phenoxy) is 3. The maximum atomic E-state index is 12.1. The molecular formula is C16H24O4. The van der Waals surface area contributed by atoms with E-state index < -0.39 is 0 Å². The first-order valence-corrected chi connectivity index (χ1v) is 7.11. The van der Waals surface area contributed by atoms with E-state index in [1.54, 1.807) is 7.11 Å². The van der Waals surface area contributed by atoms with Crippen molar-refractivity contribution in [2.24, 2.45) is 0 Å². The first-order valence-electron chi connectivity index (χ1n) is 7.11. The van der Waals surface area contributed by atoms with Crippen molar-refractivity contribution in [2.45, 2.75) is 32.6 Å². The van der Waals surface area contributed by atoms with E-state index in [9.17, 15) is 4.79 Å². The van der Waals surface area contributed by atoms with E-state index in [4.69, 9.17) is 14.2 Å². The standard InChI is InChI=1S/C16H24O4/c1-4-8-14(16(17)19-5-2)13-9-6-7-10-15(13)20-12-11-18-3/h6-7,9-10,14H,4-5,8,11-12H2,1-3H3. The Balaban J connectivity index is 2.91. The van der Waals surface area contributed by atoms with Crippen LogP contribution in [0.3, 0.4) is 0 Å². The van der Waals surface area contributed by atoms with Crippen molar-refractivity contribution in [1.29, 1.82) is 0 Å². The molecule has 4 nitrogen and oxygen atoms in total. The van der Waals surface area contributed by atoms with Crippen molar-refractivity contribution in [3.8, 4) is 5.75 Å². The molecule has 0 aliphatic rings. The fraction of sp³-hybridized carbons (Fsp3) is 0.562. The maximum absolute atomic E-state index is 12.1. The summed E-state index contributed by atoms with van der Waals surface area (Å²) in [5.74, 6) is 0.284. The Morgan fingerprint density at radius 3 is 2.60 bits per heavy atom. The lowest BCUT2D eigenvalue weighted by atomic mass is 9.94. The van der Waals surface area contributed by atoms with E-state index in [1.807, 2.05) is 31.2 Å². The highest BCUT2D eigenvalue weighted by atomic mass is 16.5. The zero-order valence-electron chi connectivity index (χ0n) is 12.6. The fourth-order valence-electron chi connectivity index (χ4n) is 2.07. The van der Waals surface area contributed by atoms with Crippen LogP contribution in [0.25, 0.3) is 0 Å². The predicted octanol–water partition coefficient (Wildman–Crippen LogP) is 3.16. The van der Waals surface area contributed by atoms with Crippen molar-refractivity contribution in [2.75, 3.05) is 26.9 Å². The van der Waals surface area contributed by atoms with Gasteiger partial charge in [-0.05, 0) is 19.4 Å². The number of carbonyl (C=O) groups is 1. The second kappa shape index (κ2) is 9.37. The van der Waals surface area contributed by atoms with Crippen LogP contribution < -0.4 is 4.74 Å².